The van der Waals surface area contributed by atoms with Gasteiger partial charge in [-0.3, -0.25) is 0 Å². The van der Waals surface area contributed by atoms with Crippen molar-refractivity contribution in [1.82, 2.24) is 0 Å². The van der Waals surface area contributed by atoms with E-state index in [1.807, 2.05) is 0 Å². The third-order valence-corrected chi connectivity index (χ3v) is 3.77. The standard InChI is InChI=1S/C11H11BrF3NO/c12-7-4-6(11(13,14)15)5-8(17)9(7)10(16)2-1-3-10/h4-5,17H,1-3,16H2. The molecule has 0 saturated heterocycles. The van der Waals surface area contributed by atoms with Crippen LogP contribution in [0.5, 0.6) is 5.75 Å². The molecule has 0 heterocycles. The Morgan fingerprint density at radius 1 is 1.29 bits per heavy atom. The number of rotatable bonds is 1. The average molecular weight is 310 g/mol. The maximum atomic E-state index is 12.5. The SMILES string of the molecule is NC1(c2c(O)cc(C(F)(F)F)cc2Br)CCC1. The minimum absolute atomic E-state index is 0.215. The number of phenolic OH excluding ortho intramolecular Hbond substituents is 1. The van der Waals surface area contributed by atoms with Gasteiger partial charge in [-0.1, -0.05) is 15.9 Å². The molecule has 1 saturated carbocycles. The molecule has 1 aliphatic carbocycles. The van der Waals surface area contributed by atoms with Crippen LogP contribution in [0.2, 0.25) is 0 Å². The lowest BCUT2D eigenvalue weighted by Gasteiger charge is -2.39. The molecule has 3 N–H and O–H groups in total. The number of benzene rings is 1. The molecular formula is C11H11BrF3NO. The van der Waals surface area contributed by atoms with Crippen molar-refractivity contribution in [3.05, 3.63) is 27.7 Å². The Morgan fingerprint density at radius 2 is 1.88 bits per heavy atom. The van der Waals surface area contributed by atoms with Crippen LogP contribution in [0, 0.1) is 0 Å². The first-order valence-corrected chi connectivity index (χ1v) is 5.92. The molecule has 0 atom stereocenters. The van der Waals surface area contributed by atoms with Crippen LogP contribution in [0.3, 0.4) is 0 Å². The Morgan fingerprint density at radius 3 is 2.24 bits per heavy atom. The van der Waals surface area contributed by atoms with Gasteiger partial charge in [0.05, 0.1) is 5.56 Å². The molecule has 17 heavy (non-hydrogen) atoms. The van der Waals surface area contributed by atoms with Crippen molar-refractivity contribution in [1.29, 1.82) is 0 Å². The van der Waals surface area contributed by atoms with Crippen molar-refractivity contribution in [2.24, 2.45) is 5.73 Å². The van der Waals surface area contributed by atoms with Gasteiger partial charge >= 0.3 is 6.18 Å². The second-order valence-corrected chi connectivity index (χ2v) is 5.21. The Kier molecular flexibility index (Phi) is 2.90. The van der Waals surface area contributed by atoms with Gasteiger partial charge in [-0.2, -0.15) is 13.2 Å². The van der Waals surface area contributed by atoms with Crippen molar-refractivity contribution >= 4 is 15.9 Å². The van der Waals surface area contributed by atoms with E-state index in [0.29, 0.717) is 18.4 Å². The summed E-state index contributed by atoms with van der Waals surface area (Å²) in [5.74, 6) is -0.395. The molecule has 1 fully saturated rings. The van der Waals surface area contributed by atoms with Gasteiger partial charge < -0.3 is 10.8 Å². The topological polar surface area (TPSA) is 46.2 Å². The fourth-order valence-corrected chi connectivity index (χ4v) is 2.90. The molecule has 1 aliphatic rings. The number of aromatic hydroxyl groups is 1. The first-order valence-electron chi connectivity index (χ1n) is 5.13. The zero-order chi connectivity index (χ0) is 12.8. The minimum atomic E-state index is -4.47. The molecular weight excluding hydrogens is 299 g/mol. The van der Waals surface area contributed by atoms with E-state index < -0.39 is 23.0 Å². The highest BCUT2D eigenvalue weighted by Crippen LogP contribution is 2.47. The lowest BCUT2D eigenvalue weighted by Crippen LogP contribution is -2.43. The summed E-state index contributed by atoms with van der Waals surface area (Å²) in [6.07, 6.45) is -2.21. The smallest absolute Gasteiger partial charge is 0.416 e. The van der Waals surface area contributed by atoms with E-state index in [-0.39, 0.29) is 4.47 Å². The summed E-state index contributed by atoms with van der Waals surface area (Å²) < 4.78 is 37.7. The Bertz CT molecular complexity index is 432. The van der Waals surface area contributed by atoms with E-state index in [1.54, 1.807) is 0 Å². The monoisotopic (exact) mass is 309 g/mol. The van der Waals surface area contributed by atoms with Crippen molar-refractivity contribution in [3.8, 4) is 5.75 Å². The van der Waals surface area contributed by atoms with Gasteiger partial charge in [0.1, 0.15) is 5.75 Å². The van der Waals surface area contributed by atoms with Gasteiger partial charge in [0.15, 0.2) is 0 Å². The first kappa shape index (κ1) is 12.7. The van der Waals surface area contributed by atoms with Crippen LogP contribution in [-0.4, -0.2) is 5.11 Å². The molecule has 0 radical (unpaired) electrons. The summed E-state index contributed by atoms with van der Waals surface area (Å²) in [5, 5.41) is 9.73. The van der Waals surface area contributed by atoms with Crippen LogP contribution in [0.25, 0.3) is 0 Å². The molecule has 6 heteroatoms. The van der Waals surface area contributed by atoms with Gasteiger partial charge in [-0.25, -0.2) is 0 Å². The van der Waals surface area contributed by atoms with E-state index in [1.165, 1.54) is 0 Å². The molecule has 1 aromatic carbocycles. The summed E-state index contributed by atoms with van der Waals surface area (Å²) in [4.78, 5) is 0. The highest BCUT2D eigenvalue weighted by Gasteiger charge is 2.40. The van der Waals surface area contributed by atoms with Crippen LogP contribution >= 0.6 is 15.9 Å². The van der Waals surface area contributed by atoms with Crippen molar-refractivity contribution in [2.45, 2.75) is 31.0 Å². The molecule has 0 amide bonds. The van der Waals surface area contributed by atoms with Crippen LogP contribution in [0.4, 0.5) is 13.2 Å². The van der Waals surface area contributed by atoms with E-state index in [2.05, 4.69) is 15.9 Å². The number of phenols is 1. The molecule has 1 aromatic rings. The quantitative estimate of drug-likeness (QED) is 0.834. The van der Waals surface area contributed by atoms with Gasteiger partial charge in [-0.05, 0) is 31.4 Å². The highest BCUT2D eigenvalue weighted by molar-refractivity contribution is 9.10. The van der Waals surface area contributed by atoms with E-state index in [0.717, 1.165) is 18.6 Å². The zero-order valence-corrected chi connectivity index (χ0v) is 10.4. The number of alkyl halides is 3. The summed E-state index contributed by atoms with van der Waals surface area (Å²) in [5.41, 5.74) is 4.80. The lowest BCUT2D eigenvalue weighted by atomic mass is 9.72. The Labute approximate surface area is 105 Å². The first-order chi connectivity index (χ1) is 7.74. The second-order valence-electron chi connectivity index (χ2n) is 4.36. The van der Waals surface area contributed by atoms with E-state index in [4.69, 9.17) is 5.73 Å². The summed E-state index contributed by atoms with van der Waals surface area (Å²) in [6.45, 7) is 0. The fourth-order valence-electron chi connectivity index (χ4n) is 2.06. The third kappa shape index (κ3) is 2.15. The Hall–Kier alpha value is -0.750. The van der Waals surface area contributed by atoms with Gasteiger partial charge in [0, 0.05) is 15.6 Å². The van der Waals surface area contributed by atoms with Crippen molar-refractivity contribution in [3.63, 3.8) is 0 Å². The molecule has 0 aromatic heterocycles. The largest absolute Gasteiger partial charge is 0.508 e. The van der Waals surface area contributed by atoms with Gasteiger partial charge in [0.25, 0.3) is 0 Å². The molecule has 2 nitrogen and oxygen atoms in total. The zero-order valence-electron chi connectivity index (χ0n) is 8.81. The minimum Gasteiger partial charge on any atom is -0.508 e. The molecule has 2 rings (SSSR count). The number of nitrogens with two attached hydrogens (primary N) is 1. The summed E-state index contributed by atoms with van der Waals surface area (Å²) in [6, 6.07) is 1.69. The molecule has 0 spiro atoms. The summed E-state index contributed by atoms with van der Waals surface area (Å²) >= 11 is 3.06. The van der Waals surface area contributed by atoms with Crippen LogP contribution < -0.4 is 5.73 Å². The average Bonchev–Trinajstić information content (AvgIpc) is 2.12. The fraction of sp³-hybridized carbons (Fsp3) is 0.455. The van der Waals surface area contributed by atoms with Gasteiger partial charge in [0.2, 0.25) is 0 Å². The lowest BCUT2D eigenvalue weighted by molar-refractivity contribution is -0.137. The van der Waals surface area contributed by atoms with Crippen LogP contribution in [0.15, 0.2) is 16.6 Å². The number of hydrogen-bond donors (Lipinski definition) is 2. The second kappa shape index (κ2) is 3.88. The molecule has 94 valence electrons. The van der Waals surface area contributed by atoms with Gasteiger partial charge in [-0.15, -0.1) is 0 Å². The van der Waals surface area contributed by atoms with Crippen LogP contribution in [0.1, 0.15) is 30.4 Å². The highest BCUT2D eigenvalue weighted by atomic mass is 79.9. The third-order valence-electron chi connectivity index (χ3n) is 3.14. The molecule has 0 bridgehead atoms. The molecule has 0 unspecified atom stereocenters. The van der Waals surface area contributed by atoms with E-state index in [9.17, 15) is 18.3 Å². The number of hydrogen-bond acceptors (Lipinski definition) is 2. The van der Waals surface area contributed by atoms with Crippen molar-refractivity contribution in [2.75, 3.05) is 0 Å². The van der Waals surface area contributed by atoms with E-state index >= 15 is 0 Å². The predicted molar refractivity (Wildman–Crippen MR) is 60.5 cm³/mol. The maximum Gasteiger partial charge on any atom is 0.416 e. The van der Waals surface area contributed by atoms with Crippen LogP contribution in [-0.2, 0) is 11.7 Å². The number of halogens is 4. The predicted octanol–water partition coefficient (Wildman–Crippen LogP) is 3.51. The maximum absolute atomic E-state index is 12.5. The summed E-state index contributed by atoms with van der Waals surface area (Å²) in [7, 11) is 0. The Balaban J connectivity index is 2.50. The normalized spacial score (nSPS) is 18.9. The van der Waals surface area contributed by atoms with Crippen molar-refractivity contribution < 1.29 is 18.3 Å². The molecule has 0 aliphatic heterocycles.